The first-order chi connectivity index (χ1) is 11.4. The van der Waals surface area contributed by atoms with E-state index < -0.39 is 0 Å². The Bertz CT molecular complexity index is 439. The normalized spacial score (nSPS) is 25.2. The van der Waals surface area contributed by atoms with Gasteiger partial charge in [0, 0.05) is 43.7 Å². The van der Waals surface area contributed by atoms with Crippen molar-refractivity contribution in [3.8, 4) is 0 Å². The third-order valence-electron chi connectivity index (χ3n) is 4.61. The van der Waals surface area contributed by atoms with E-state index in [0.29, 0.717) is 12.1 Å². The van der Waals surface area contributed by atoms with Crippen molar-refractivity contribution >= 4 is 11.9 Å². The van der Waals surface area contributed by atoms with Crippen LogP contribution in [-0.4, -0.2) is 49.6 Å². The molecule has 0 aromatic heterocycles. The Morgan fingerprint density at radius 3 is 2.42 bits per heavy atom. The van der Waals surface area contributed by atoms with Crippen LogP contribution in [0.15, 0.2) is 4.99 Å². The minimum absolute atomic E-state index is 0.129. The van der Waals surface area contributed by atoms with Crippen molar-refractivity contribution in [1.29, 1.82) is 0 Å². The highest BCUT2D eigenvalue weighted by molar-refractivity contribution is 5.81. The molecule has 2 rings (SSSR count). The van der Waals surface area contributed by atoms with Crippen LogP contribution >= 0.6 is 0 Å². The molecule has 0 radical (unpaired) electrons. The van der Waals surface area contributed by atoms with E-state index in [2.05, 4.69) is 47.0 Å². The van der Waals surface area contributed by atoms with Crippen molar-refractivity contribution in [1.82, 2.24) is 21.3 Å². The first-order valence-electron chi connectivity index (χ1n) is 9.40. The van der Waals surface area contributed by atoms with Gasteiger partial charge in [0.2, 0.25) is 5.91 Å². The van der Waals surface area contributed by atoms with E-state index in [0.717, 1.165) is 57.6 Å². The molecule has 24 heavy (non-hydrogen) atoms. The van der Waals surface area contributed by atoms with Gasteiger partial charge in [-0.3, -0.25) is 9.79 Å². The van der Waals surface area contributed by atoms with Crippen molar-refractivity contribution in [3.63, 3.8) is 0 Å². The molecular formula is C18H35N5O. The molecule has 4 N–H and O–H groups in total. The predicted octanol–water partition coefficient (Wildman–Crippen LogP) is 1.38. The summed E-state index contributed by atoms with van der Waals surface area (Å²) in [5.74, 6) is 1.23. The second-order valence-corrected chi connectivity index (χ2v) is 8.16. The average Bonchev–Trinajstić information content (AvgIpc) is 3.33. The summed E-state index contributed by atoms with van der Waals surface area (Å²) in [6.07, 6.45) is 6.42. The fourth-order valence-corrected chi connectivity index (χ4v) is 3.11. The predicted molar refractivity (Wildman–Crippen MR) is 99.2 cm³/mol. The number of nitrogens with one attached hydrogen (secondary N) is 4. The van der Waals surface area contributed by atoms with Crippen LogP contribution in [0.25, 0.3) is 0 Å². The molecule has 1 amide bonds. The summed E-state index contributed by atoms with van der Waals surface area (Å²) in [7, 11) is 1.80. The number of amides is 1. The monoisotopic (exact) mass is 337 g/mol. The highest BCUT2D eigenvalue weighted by Crippen LogP contribution is 2.26. The van der Waals surface area contributed by atoms with Gasteiger partial charge in [-0.1, -0.05) is 6.42 Å². The summed E-state index contributed by atoms with van der Waals surface area (Å²) in [4.78, 5) is 16.6. The summed E-state index contributed by atoms with van der Waals surface area (Å²) in [5.41, 5.74) is 0.129. The molecule has 2 unspecified atom stereocenters. The van der Waals surface area contributed by atoms with Crippen molar-refractivity contribution in [2.45, 2.75) is 76.9 Å². The zero-order valence-electron chi connectivity index (χ0n) is 15.7. The van der Waals surface area contributed by atoms with Gasteiger partial charge >= 0.3 is 0 Å². The highest BCUT2D eigenvalue weighted by atomic mass is 16.2. The van der Waals surface area contributed by atoms with Gasteiger partial charge in [-0.2, -0.15) is 0 Å². The maximum atomic E-state index is 12.3. The van der Waals surface area contributed by atoms with Crippen molar-refractivity contribution < 1.29 is 4.79 Å². The molecule has 138 valence electrons. The Balaban J connectivity index is 1.70. The summed E-state index contributed by atoms with van der Waals surface area (Å²) in [5, 5.41) is 13.4. The standard InChI is InChI=1S/C18H35N5O/c1-18(2,3)21-11-10-20-17(19-4)23-15-7-5-6-13(12-15)16(24)22-14-8-9-14/h13-15,21H,5-12H2,1-4H3,(H,22,24)(H2,19,20,23). The summed E-state index contributed by atoms with van der Waals surface area (Å²) in [6.45, 7) is 8.20. The van der Waals surface area contributed by atoms with Gasteiger partial charge < -0.3 is 21.3 Å². The molecule has 0 aromatic rings. The Labute approximate surface area is 146 Å². The van der Waals surface area contributed by atoms with Gasteiger partial charge in [0.1, 0.15) is 0 Å². The quantitative estimate of drug-likeness (QED) is 0.335. The highest BCUT2D eigenvalue weighted by Gasteiger charge is 2.31. The van der Waals surface area contributed by atoms with Gasteiger partial charge in [0.25, 0.3) is 0 Å². The van der Waals surface area contributed by atoms with Crippen LogP contribution < -0.4 is 21.3 Å². The van der Waals surface area contributed by atoms with Gasteiger partial charge in [0.15, 0.2) is 5.96 Å². The number of hydrogen-bond donors (Lipinski definition) is 4. The molecule has 2 aliphatic rings. The molecule has 6 nitrogen and oxygen atoms in total. The van der Waals surface area contributed by atoms with E-state index in [1.54, 1.807) is 7.05 Å². The lowest BCUT2D eigenvalue weighted by molar-refractivity contribution is -0.126. The second kappa shape index (κ2) is 8.70. The molecule has 2 fully saturated rings. The van der Waals surface area contributed by atoms with Crippen molar-refractivity contribution in [2.75, 3.05) is 20.1 Å². The van der Waals surface area contributed by atoms with Crippen molar-refractivity contribution in [3.05, 3.63) is 0 Å². The first kappa shape index (κ1) is 19.0. The van der Waals surface area contributed by atoms with E-state index >= 15 is 0 Å². The zero-order valence-corrected chi connectivity index (χ0v) is 15.7. The molecule has 2 atom stereocenters. The number of hydrogen-bond acceptors (Lipinski definition) is 3. The molecule has 0 aliphatic heterocycles. The molecular weight excluding hydrogens is 302 g/mol. The number of aliphatic imine (C=N–C) groups is 1. The molecule has 2 saturated carbocycles. The van der Waals surface area contributed by atoms with Crippen LogP contribution in [0.3, 0.4) is 0 Å². The van der Waals surface area contributed by atoms with Crippen LogP contribution in [-0.2, 0) is 4.79 Å². The van der Waals surface area contributed by atoms with Gasteiger partial charge in [-0.15, -0.1) is 0 Å². The summed E-state index contributed by atoms with van der Waals surface area (Å²) in [6, 6.07) is 0.783. The maximum Gasteiger partial charge on any atom is 0.223 e. The van der Waals surface area contributed by atoms with E-state index in [4.69, 9.17) is 0 Å². The third kappa shape index (κ3) is 7.07. The lowest BCUT2D eigenvalue weighted by atomic mass is 9.85. The summed E-state index contributed by atoms with van der Waals surface area (Å²) < 4.78 is 0. The fourth-order valence-electron chi connectivity index (χ4n) is 3.11. The molecule has 0 saturated heterocycles. The van der Waals surface area contributed by atoms with Crippen LogP contribution in [0, 0.1) is 5.92 Å². The third-order valence-corrected chi connectivity index (χ3v) is 4.61. The average molecular weight is 338 g/mol. The Kier molecular flexibility index (Phi) is 6.90. The van der Waals surface area contributed by atoms with E-state index in [-0.39, 0.29) is 17.4 Å². The maximum absolute atomic E-state index is 12.3. The molecule has 0 spiro atoms. The minimum Gasteiger partial charge on any atom is -0.355 e. The second-order valence-electron chi connectivity index (χ2n) is 8.16. The first-order valence-corrected chi connectivity index (χ1v) is 9.40. The topological polar surface area (TPSA) is 77.6 Å². The van der Waals surface area contributed by atoms with Gasteiger partial charge in [-0.25, -0.2) is 0 Å². The molecule has 6 heteroatoms. The van der Waals surface area contributed by atoms with E-state index in [1.807, 2.05) is 0 Å². The smallest absolute Gasteiger partial charge is 0.223 e. The number of nitrogens with zero attached hydrogens (tertiary/aromatic N) is 1. The molecule has 0 bridgehead atoms. The van der Waals surface area contributed by atoms with E-state index in [1.165, 1.54) is 0 Å². The van der Waals surface area contributed by atoms with Gasteiger partial charge in [-0.05, 0) is 52.9 Å². The van der Waals surface area contributed by atoms with Crippen LogP contribution in [0.5, 0.6) is 0 Å². The largest absolute Gasteiger partial charge is 0.355 e. The number of rotatable bonds is 6. The van der Waals surface area contributed by atoms with Crippen LogP contribution in [0.1, 0.15) is 59.3 Å². The SMILES string of the molecule is CN=C(NCCNC(C)(C)C)NC1CCCC(C(=O)NC2CC2)C1. The Morgan fingerprint density at radius 2 is 1.79 bits per heavy atom. The lowest BCUT2D eigenvalue weighted by Crippen LogP contribution is -2.49. The number of carbonyl (C=O) groups excluding carboxylic acids is 1. The molecule has 0 heterocycles. The fraction of sp³-hybridized carbons (Fsp3) is 0.889. The summed E-state index contributed by atoms with van der Waals surface area (Å²) >= 11 is 0. The Hall–Kier alpha value is -1.30. The Morgan fingerprint density at radius 1 is 1.04 bits per heavy atom. The van der Waals surface area contributed by atoms with Crippen LogP contribution in [0.2, 0.25) is 0 Å². The van der Waals surface area contributed by atoms with Crippen molar-refractivity contribution in [2.24, 2.45) is 10.9 Å². The molecule has 0 aromatic carbocycles. The number of carbonyl (C=O) groups is 1. The van der Waals surface area contributed by atoms with Crippen LogP contribution in [0.4, 0.5) is 0 Å². The minimum atomic E-state index is 0.129. The van der Waals surface area contributed by atoms with Gasteiger partial charge in [0.05, 0.1) is 0 Å². The lowest BCUT2D eigenvalue weighted by Gasteiger charge is -2.30. The molecule has 2 aliphatic carbocycles. The number of guanidine groups is 1. The van der Waals surface area contributed by atoms with E-state index in [9.17, 15) is 4.79 Å². The zero-order chi connectivity index (χ0) is 17.6.